The van der Waals surface area contributed by atoms with Gasteiger partial charge in [-0.15, -0.1) is 0 Å². The molecule has 0 aliphatic carbocycles. The molecular weight excluding hydrogens is 302 g/mol. The van der Waals surface area contributed by atoms with E-state index in [2.05, 4.69) is 16.0 Å². The van der Waals surface area contributed by atoms with Crippen molar-refractivity contribution < 1.29 is 24.3 Å². The van der Waals surface area contributed by atoms with Crippen LogP contribution >= 0.6 is 0 Å². The largest absolute Gasteiger partial charge is 0.480 e. The highest BCUT2D eigenvalue weighted by Gasteiger charge is 2.43. The van der Waals surface area contributed by atoms with Gasteiger partial charge in [0.05, 0.1) is 0 Å². The summed E-state index contributed by atoms with van der Waals surface area (Å²) in [5, 5.41) is 16.1. The number of carboxylic acids is 1. The van der Waals surface area contributed by atoms with Crippen molar-refractivity contribution in [2.75, 3.05) is 0 Å². The van der Waals surface area contributed by atoms with Crippen molar-refractivity contribution in [3.05, 3.63) is 35.4 Å². The van der Waals surface area contributed by atoms with Crippen molar-refractivity contribution in [3.8, 4) is 0 Å². The minimum Gasteiger partial charge on any atom is -0.480 e. The molecule has 1 aromatic carbocycles. The van der Waals surface area contributed by atoms with Crippen molar-refractivity contribution >= 4 is 23.8 Å². The average Bonchev–Trinajstić information content (AvgIpc) is 2.72. The Labute approximate surface area is 132 Å². The van der Waals surface area contributed by atoms with Gasteiger partial charge in [-0.1, -0.05) is 12.1 Å². The van der Waals surface area contributed by atoms with Gasteiger partial charge in [0.25, 0.3) is 11.8 Å². The van der Waals surface area contributed by atoms with Crippen LogP contribution in [0.3, 0.4) is 0 Å². The van der Waals surface area contributed by atoms with Crippen LogP contribution < -0.4 is 16.0 Å². The third-order valence-electron chi connectivity index (χ3n) is 3.71. The SMILES string of the molecule is CC(C)(NC(=O)c1cccc(C2(C)NC(=O)NC2=O)c1)C(=O)O. The summed E-state index contributed by atoms with van der Waals surface area (Å²) in [4.78, 5) is 46.6. The maximum atomic E-state index is 12.2. The van der Waals surface area contributed by atoms with Crippen molar-refractivity contribution in [1.82, 2.24) is 16.0 Å². The van der Waals surface area contributed by atoms with E-state index < -0.39 is 34.9 Å². The highest BCUT2D eigenvalue weighted by Crippen LogP contribution is 2.25. The highest BCUT2D eigenvalue weighted by molar-refractivity contribution is 6.07. The fourth-order valence-electron chi connectivity index (χ4n) is 2.13. The van der Waals surface area contributed by atoms with Gasteiger partial charge in [-0.05, 0) is 38.5 Å². The van der Waals surface area contributed by atoms with Gasteiger partial charge < -0.3 is 15.7 Å². The lowest BCUT2D eigenvalue weighted by Crippen LogP contribution is -2.49. The molecule has 0 spiro atoms. The van der Waals surface area contributed by atoms with E-state index in [0.717, 1.165) is 0 Å². The van der Waals surface area contributed by atoms with E-state index in [0.29, 0.717) is 5.56 Å². The van der Waals surface area contributed by atoms with Gasteiger partial charge in [0.2, 0.25) is 0 Å². The number of aliphatic carboxylic acids is 1. The molecule has 0 radical (unpaired) electrons. The predicted molar refractivity (Wildman–Crippen MR) is 79.6 cm³/mol. The molecule has 8 heteroatoms. The van der Waals surface area contributed by atoms with E-state index in [1.54, 1.807) is 12.1 Å². The molecule has 0 saturated carbocycles. The molecule has 4 amide bonds. The Kier molecular flexibility index (Phi) is 3.85. The van der Waals surface area contributed by atoms with Crippen LogP contribution in [0.4, 0.5) is 4.79 Å². The molecule has 1 unspecified atom stereocenters. The van der Waals surface area contributed by atoms with E-state index >= 15 is 0 Å². The maximum absolute atomic E-state index is 12.2. The molecule has 1 fully saturated rings. The van der Waals surface area contributed by atoms with Crippen LogP contribution in [0, 0.1) is 0 Å². The topological polar surface area (TPSA) is 125 Å². The summed E-state index contributed by atoms with van der Waals surface area (Å²) in [6.45, 7) is 4.25. The summed E-state index contributed by atoms with van der Waals surface area (Å²) in [7, 11) is 0. The Morgan fingerprint density at radius 2 is 1.91 bits per heavy atom. The quantitative estimate of drug-likeness (QED) is 0.595. The second kappa shape index (κ2) is 5.38. The third kappa shape index (κ3) is 3.01. The van der Waals surface area contributed by atoms with E-state index in [-0.39, 0.29) is 5.56 Å². The van der Waals surface area contributed by atoms with Crippen LogP contribution in [0.15, 0.2) is 24.3 Å². The summed E-state index contributed by atoms with van der Waals surface area (Å²) in [5.41, 5.74) is -2.11. The lowest BCUT2D eigenvalue weighted by atomic mass is 9.91. The second-order valence-corrected chi connectivity index (χ2v) is 6.00. The van der Waals surface area contributed by atoms with Gasteiger partial charge >= 0.3 is 12.0 Å². The van der Waals surface area contributed by atoms with Crippen molar-refractivity contribution in [2.24, 2.45) is 0 Å². The first kappa shape index (κ1) is 16.5. The first-order chi connectivity index (χ1) is 10.6. The van der Waals surface area contributed by atoms with E-state index in [9.17, 15) is 19.2 Å². The average molecular weight is 319 g/mol. The first-order valence-corrected chi connectivity index (χ1v) is 6.86. The molecule has 1 aromatic rings. The zero-order valence-corrected chi connectivity index (χ0v) is 12.9. The molecule has 0 aromatic heterocycles. The Hall–Kier alpha value is -2.90. The van der Waals surface area contributed by atoms with Crippen LogP contribution in [0.2, 0.25) is 0 Å². The highest BCUT2D eigenvalue weighted by atomic mass is 16.4. The molecule has 1 aliphatic heterocycles. The normalized spacial score (nSPS) is 20.7. The fraction of sp³-hybridized carbons (Fsp3) is 0.333. The minimum atomic E-state index is -1.43. The number of imide groups is 1. The van der Waals surface area contributed by atoms with Crippen molar-refractivity contribution in [3.63, 3.8) is 0 Å². The molecule has 0 bridgehead atoms. The van der Waals surface area contributed by atoms with Crippen molar-refractivity contribution in [2.45, 2.75) is 31.8 Å². The lowest BCUT2D eigenvalue weighted by Gasteiger charge is -2.23. The smallest absolute Gasteiger partial charge is 0.328 e. The van der Waals surface area contributed by atoms with E-state index in [1.165, 1.54) is 32.9 Å². The predicted octanol–water partition coefficient (Wildman–Crippen LogP) is 0.334. The Balaban J connectivity index is 2.31. The molecule has 2 rings (SSSR count). The maximum Gasteiger partial charge on any atom is 0.328 e. The molecule has 4 N–H and O–H groups in total. The number of amides is 4. The Morgan fingerprint density at radius 3 is 2.43 bits per heavy atom. The van der Waals surface area contributed by atoms with Gasteiger partial charge in [0, 0.05) is 5.56 Å². The van der Waals surface area contributed by atoms with Gasteiger partial charge in [-0.2, -0.15) is 0 Å². The minimum absolute atomic E-state index is 0.187. The van der Waals surface area contributed by atoms with Crippen molar-refractivity contribution in [1.29, 1.82) is 0 Å². The summed E-state index contributed by atoms with van der Waals surface area (Å²) >= 11 is 0. The summed E-state index contributed by atoms with van der Waals surface area (Å²) in [6, 6.07) is 5.48. The van der Waals surface area contributed by atoms with Crippen LogP contribution in [-0.2, 0) is 15.1 Å². The number of nitrogens with one attached hydrogen (secondary N) is 3. The summed E-state index contributed by atoms with van der Waals surface area (Å²) < 4.78 is 0. The second-order valence-electron chi connectivity index (χ2n) is 6.00. The van der Waals surface area contributed by atoms with Gasteiger partial charge in [-0.25, -0.2) is 9.59 Å². The molecule has 1 heterocycles. The lowest BCUT2D eigenvalue weighted by molar-refractivity contribution is -0.143. The number of carbonyl (C=O) groups excluding carboxylic acids is 3. The number of carboxylic acid groups (broad SMARTS) is 1. The summed E-state index contributed by atoms with van der Waals surface area (Å²) in [5.74, 6) is -2.28. The number of carbonyl (C=O) groups is 4. The summed E-state index contributed by atoms with van der Waals surface area (Å²) in [6.07, 6.45) is 0. The molecule has 1 saturated heterocycles. The van der Waals surface area contributed by atoms with Gasteiger partial charge in [0.1, 0.15) is 11.1 Å². The van der Waals surface area contributed by atoms with Crippen LogP contribution in [0.1, 0.15) is 36.7 Å². The van der Waals surface area contributed by atoms with Gasteiger partial charge in [0.15, 0.2) is 0 Å². The van der Waals surface area contributed by atoms with E-state index in [4.69, 9.17) is 5.11 Å². The number of rotatable bonds is 4. The monoisotopic (exact) mass is 319 g/mol. The van der Waals surface area contributed by atoms with Gasteiger partial charge in [-0.3, -0.25) is 14.9 Å². The fourth-order valence-corrected chi connectivity index (χ4v) is 2.13. The Bertz CT molecular complexity index is 713. The molecule has 1 atom stereocenters. The third-order valence-corrected chi connectivity index (χ3v) is 3.71. The van der Waals surface area contributed by atoms with E-state index in [1.807, 2.05) is 0 Å². The molecular formula is C15H17N3O5. The Morgan fingerprint density at radius 1 is 1.26 bits per heavy atom. The van der Waals surface area contributed by atoms with Crippen LogP contribution in [0.25, 0.3) is 0 Å². The molecule has 23 heavy (non-hydrogen) atoms. The molecule has 8 nitrogen and oxygen atoms in total. The zero-order chi connectivity index (χ0) is 17.4. The standard InChI is InChI=1S/C15H17N3O5/c1-14(2,12(21)22)17-10(19)8-5-4-6-9(7-8)15(3)11(20)16-13(23)18-15/h4-7H,1-3H3,(H,17,19)(H,21,22)(H2,16,18,20,23). The zero-order valence-electron chi connectivity index (χ0n) is 12.9. The van der Waals surface area contributed by atoms with Crippen LogP contribution in [0.5, 0.6) is 0 Å². The number of urea groups is 1. The number of hydrogen-bond acceptors (Lipinski definition) is 4. The first-order valence-electron chi connectivity index (χ1n) is 6.86. The molecule has 1 aliphatic rings. The molecule has 122 valence electrons. The number of benzene rings is 1. The number of hydrogen-bond donors (Lipinski definition) is 4. The van der Waals surface area contributed by atoms with Crippen LogP contribution in [-0.4, -0.2) is 34.5 Å².